The quantitative estimate of drug-likeness (QED) is 0.849. The maximum atomic E-state index is 12.5. The van der Waals surface area contributed by atoms with E-state index in [1.165, 1.54) is 0 Å². The van der Waals surface area contributed by atoms with Crippen LogP contribution >= 0.6 is 0 Å². The molecular weight excluding hydrogens is 306 g/mol. The van der Waals surface area contributed by atoms with Crippen LogP contribution in [0.1, 0.15) is 29.8 Å². The first-order chi connectivity index (χ1) is 11.4. The Bertz CT molecular complexity index is 742. The predicted octanol–water partition coefficient (Wildman–Crippen LogP) is 3.63. The number of ether oxygens (including phenoxy) is 1. The Balaban J connectivity index is 2.19. The lowest BCUT2D eigenvalue weighted by molar-refractivity contribution is -0.141. The number of carboxylic acid groups (broad SMARTS) is 1. The molecule has 0 bridgehead atoms. The molecule has 2 N–H and O–H groups in total. The minimum atomic E-state index is -0.952. The van der Waals surface area contributed by atoms with Crippen LogP contribution in [0.5, 0.6) is 11.5 Å². The average molecular weight is 327 g/mol. The fourth-order valence-corrected chi connectivity index (χ4v) is 2.17. The molecule has 0 saturated carbocycles. The molecule has 5 nitrogen and oxygen atoms in total. The predicted molar refractivity (Wildman–Crippen MR) is 91.4 cm³/mol. The van der Waals surface area contributed by atoms with Gasteiger partial charge in [0.1, 0.15) is 11.5 Å². The van der Waals surface area contributed by atoms with E-state index in [1.54, 1.807) is 38.1 Å². The zero-order valence-corrected chi connectivity index (χ0v) is 13.9. The minimum absolute atomic E-state index is 0.362. The summed E-state index contributed by atoms with van der Waals surface area (Å²) in [5.74, 6) is -0.928. The SMILES string of the molecule is Cc1cccc(Oc2ccccc2C(=O)NC(C)C(C)C(=O)O)c1. The van der Waals surface area contributed by atoms with Crippen molar-refractivity contribution in [3.8, 4) is 11.5 Å². The molecule has 0 spiro atoms. The molecule has 0 fully saturated rings. The Morgan fingerprint density at radius 2 is 1.79 bits per heavy atom. The number of carboxylic acids is 1. The summed E-state index contributed by atoms with van der Waals surface area (Å²) >= 11 is 0. The number of aliphatic carboxylic acids is 1. The summed E-state index contributed by atoms with van der Waals surface area (Å²) < 4.78 is 5.82. The molecule has 2 rings (SSSR count). The molecule has 5 heteroatoms. The van der Waals surface area contributed by atoms with Gasteiger partial charge in [-0.05, 0) is 50.6 Å². The van der Waals surface area contributed by atoms with Crippen molar-refractivity contribution >= 4 is 11.9 Å². The molecule has 2 atom stereocenters. The normalized spacial score (nSPS) is 13.0. The van der Waals surface area contributed by atoms with E-state index in [2.05, 4.69) is 5.32 Å². The molecule has 0 aromatic heterocycles. The summed E-state index contributed by atoms with van der Waals surface area (Å²) in [6.45, 7) is 5.18. The summed E-state index contributed by atoms with van der Waals surface area (Å²) in [5.41, 5.74) is 1.42. The van der Waals surface area contributed by atoms with Crippen LogP contribution in [0.25, 0.3) is 0 Å². The molecule has 1 amide bonds. The third-order valence-corrected chi connectivity index (χ3v) is 3.85. The van der Waals surface area contributed by atoms with Crippen LogP contribution in [0, 0.1) is 12.8 Å². The van der Waals surface area contributed by atoms with E-state index in [0.29, 0.717) is 17.1 Å². The third kappa shape index (κ3) is 4.35. The van der Waals surface area contributed by atoms with Crippen molar-refractivity contribution in [2.45, 2.75) is 26.8 Å². The number of benzene rings is 2. The van der Waals surface area contributed by atoms with Gasteiger partial charge in [0.25, 0.3) is 5.91 Å². The highest BCUT2D eigenvalue weighted by Gasteiger charge is 2.22. The molecular formula is C19H21NO4. The molecule has 0 aliphatic rings. The first-order valence-electron chi connectivity index (χ1n) is 7.75. The maximum absolute atomic E-state index is 12.5. The van der Waals surface area contributed by atoms with Crippen LogP contribution < -0.4 is 10.1 Å². The van der Waals surface area contributed by atoms with Gasteiger partial charge in [0.2, 0.25) is 0 Å². The second-order valence-electron chi connectivity index (χ2n) is 5.80. The second-order valence-corrected chi connectivity index (χ2v) is 5.80. The van der Waals surface area contributed by atoms with Gasteiger partial charge in [0, 0.05) is 6.04 Å². The van der Waals surface area contributed by atoms with Crippen molar-refractivity contribution in [1.29, 1.82) is 0 Å². The lowest BCUT2D eigenvalue weighted by atomic mass is 10.0. The molecule has 24 heavy (non-hydrogen) atoms. The second kappa shape index (κ2) is 7.64. The Morgan fingerprint density at radius 1 is 1.08 bits per heavy atom. The Labute approximate surface area is 141 Å². The number of carbonyl (C=O) groups is 2. The summed E-state index contributed by atoms with van der Waals surface area (Å²) in [7, 11) is 0. The van der Waals surface area contributed by atoms with Gasteiger partial charge in [0.15, 0.2) is 0 Å². The van der Waals surface area contributed by atoms with Crippen molar-refractivity contribution in [3.63, 3.8) is 0 Å². The fraction of sp³-hybridized carbons (Fsp3) is 0.263. The highest BCUT2D eigenvalue weighted by Crippen LogP contribution is 2.26. The number of rotatable bonds is 6. The van der Waals surface area contributed by atoms with Gasteiger partial charge in [-0.2, -0.15) is 0 Å². The van der Waals surface area contributed by atoms with Crippen LogP contribution in [0.2, 0.25) is 0 Å². The van der Waals surface area contributed by atoms with Gasteiger partial charge in [-0.3, -0.25) is 9.59 Å². The van der Waals surface area contributed by atoms with E-state index in [4.69, 9.17) is 9.84 Å². The molecule has 2 aromatic carbocycles. The molecule has 2 unspecified atom stereocenters. The summed E-state index contributed by atoms with van der Waals surface area (Å²) in [6.07, 6.45) is 0. The van der Waals surface area contributed by atoms with Crippen molar-refractivity contribution in [2.75, 3.05) is 0 Å². The number of aryl methyl sites for hydroxylation is 1. The smallest absolute Gasteiger partial charge is 0.308 e. The first-order valence-corrected chi connectivity index (χ1v) is 7.75. The molecule has 126 valence electrons. The average Bonchev–Trinajstić information content (AvgIpc) is 2.54. The number of amides is 1. The van der Waals surface area contributed by atoms with Crippen LogP contribution in [0.15, 0.2) is 48.5 Å². The Kier molecular flexibility index (Phi) is 5.58. The lowest BCUT2D eigenvalue weighted by Gasteiger charge is -2.19. The largest absolute Gasteiger partial charge is 0.481 e. The van der Waals surface area contributed by atoms with Gasteiger partial charge in [-0.1, -0.05) is 24.3 Å². The molecule has 0 heterocycles. The summed E-state index contributed by atoms with van der Waals surface area (Å²) in [5, 5.41) is 11.8. The standard InChI is InChI=1S/C19H21NO4/c1-12-7-6-8-15(11-12)24-17-10-5-4-9-16(17)18(21)20-14(3)13(2)19(22)23/h4-11,13-14H,1-3H3,(H,20,21)(H,22,23). The zero-order chi connectivity index (χ0) is 17.7. The van der Waals surface area contributed by atoms with E-state index < -0.39 is 17.9 Å². The van der Waals surface area contributed by atoms with Crippen molar-refractivity contribution < 1.29 is 19.4 Å². The highest BCUT2D eigenvalue weighted by molar-refractivity contribution is 5.97. The third-order valence-electron chi connectivity index (χ3n) is 3.85. The first kappa shape index (κ1) is 17.5. The summed E-state index contributed by atoms with van der Waals surface area (Å²) in [4.78, 5) is 23.5. The van der Waals surface area contributed by atoms with Crippen molar-refractivity contribution in [2.24, 2.45) is 5.92 Å². The van der Waals surface area contributed by atoms with Crippen LogP contribution in [-0.4, -0.2) is 23.0 Å². The lowest BCUT2D eigenvalue weighted by Crippen LogP contribution is -2.40. The van der Waals surface area contributed by atoms with Gasteiger partial charge in [0.05, 0.1) is 11.5 Å². The van der Waals surface area contributed by atoms with Crippen LogP contribution in [-0.2, 0) is 4.79 Å². The van der Waals surface area contributed by atoms with Gasteiger partial charge < -0.3 is 15.2 Å². The van der Waals surface area contributed by atoms with E-state index in [0.717, 1.165) is 5.56 Å². The van der Waals surface area contributed by atoms with Gasteiger partial charge in [-0.15, -0.1) is 0 Å². The topological polar surface area (TPSA) is 75.6 Å². The fourth-order valence-electron chi connectivity index (χ4n) is 2.17. The van der Waals surface area contributed by atoms with E-state index in [9.17, 15) is 9.59 Å². The van der Waals surface area contributed by atoms with Crippen molar-refractivity contribution in [1.82, 2.24) is 5.32 Å². The number of nitrogens with one attached hydrogen (secondary N) is 1. The summed E-state index contributed by atoms with van der Waals surface area (Å²) in [6, 6.07) is 13.9. The van der Waals surface area contributed by atoms with Crippen molar-refractivity contribution in [3.05, 3.63) is 59.7 Å². The van der Waals surface area contributed by atoms with E-state index in [-0.39, 0.29) is 5.91 Å². The van der Waals surface area contributed by atoms with Gasteiger partial charge >= 0.3 is 5.97 Å². The monoisotopic (exact) mass is 327 g/mol. The van der Waals surface area contributed by atoms with E-state index >= 15 is 0 Å². The van der Waals surface area contributed by atoms with Crippen LogP contribution in [0.3, 0.4) is 0 Å². The highest BCUT2D eigenvalue weighted by atomic mass is 16.5. The number of carbonyl (C=O) groups excluding carboxylic acids is 1. The van der Waals surface area contributed by atoms with Crippen LogP contribution in [0.4, 0.5) is 0 Å². The van der Waals surface area contributed by atoms with Gasteiger partial charge in [-0.25, -0.2) is 0 Å². The zero-order valence-electron chi connectivity index (χ0n) is 13.9. The molecule has 0 saturated heterocycles. The number of hydrogen-bond donors (Lipinski definition) is 2. The number of hydrogen-bond acceptors (Lipinski definition) is 3. The minimum Gasteiger partial charge on any atom is -0.481 e. The molecule has 2 aromatic rings. The molecule has 0 radical (unpaired) electrons. The Hall–Kier alpha value is -2.82. The molecule has 0 aliphatic carbocycles. The molecule has 0 aliphatic heterocycles. The number of para-hydroxylation sites is 1. The maximum Gasteiger partial charge on any atom is 0.308 e. The Morgan fingerprint density at radius 3 is 2.46 bits per heavy atom. The van der Waals surface area contributed by atoms with E-state index in [1.807, 2.05) is 31.2 Å².